The summed E-state index contributed by atoms with van der Waals surface area (Å²) in [6.45, 7) is 1.12. The summed E-state index contributed by atoms with van der Waals surface area (Å²) in [6, 6.07) is 5.93. The van der Waals surface area contributed by atoms with Crippen molar-refractivity contribution in [2.75, 3.05) is 19.7 Å². The van der Waals surface area contributed by atoms with E-state index in [9.17, 15) is 19.4 Å². The Hall–Kier alpha value is -1.46. The van der Waals surface area contributed by atoms with Crippen molar-refractivity contribution >= 4 is 5.97 Å². The first-order valence-corrected chi connectivity index (χ1v) is 7.91. The Morgan fingerprint density at radius 1 is 1.36 bits per heavy atom. The quantitative estimate of drug-likeness (QED) is 0.845. The minimum absolute atomic E-state index is 0.00650. The van der Waals surface area contributed by atoms with Gasteiger partial charge in [-0.1, -0.05) is 25.0 Å². The van der Waals surface area contributed by atoms with E-state index in [1.807, 2.05) is 11.0 Å². The predicted molar refractivity (Wildman–Crippen MR) is 80.1 cm³/mol. The Kier molecular flexibility index (Phi) is 4.45. The minimum atomic E-state index is -0.788. The van der Waals surface area contributed by atoms with Crippen molar-refractivity contribution in [3.8, 4) is 0 Å². The van der Waals surface area contributed by atoms with Gasteiger partial charge >= 0.3 is 5.97 Å². The Balaban J connectivity index is 1.76. The summed E-state index contributed by atoms with van der Waals surface area (Å²) < 4.78 is 13.4. The fourth-order valence-electron chi connectivity index (χ4n) is 3.53. The zero-order valence-electron chi connectivity index (χ0n) is 12.5. The van der Waals surface area contributed by atoms with Crippen LogP contribution < -0.4 is 0 Å². The molecule has 0 aromatic heterocycles. The highest BCUT2D eigenvalue weighted by atomic mass is 19.1. The molecule has 1 heterocycles. The second kappa shape index (κ2) is 6.34. The number of carboxylic acids is 1. The largest absolute Gasteiger partial charge is 0.480 e. The van der Waals surface area contributed by atoms with E-state index in [4.69, 9.17) is 0 Å². The van der Waals surface area contributed by atoms with Gasteiger partial charge in [-0.25, -0.2) is 4.39 Å². The number of rotatable bonds is 6. The molecule has 120 valence electrons. The fourth-order valence-corrected chi connectivity index (χ4v) is 3.53. The minimum Gasteiger partial charge on any atom is -0.480 e. The maximum absolute atomic E-state index is 13.4. The summed E-state index contributed by atoms with van der Waals surface area (Å²) in [5.74, 6) is -0.601. The molecule has 1 aliphatic heterocycles. The van der Waals surface area contributed by atoms with Crippen molar-refractivity contribution in [1.82, 2.24) is 4.90 Å². The molecule has 3 rings (SSSR count). The summed E-state index contributed by atoms with van der Waals surface area (Å²) >= 11 is 0. The zero-order valence-corrected chi connectivity index (χ0v) is 12.5. The maximum atomic E-state index is 13.4. The lowest BCUT2D eigenvalue weighted by Gasteiger charge is -2.24. The van der Waals surface area contributed by atoms with Gasteiger partial charge in [0.2, 0.25) is 0 Å². The van der Waals surface area contributed by atoms with E-state index in [2.05, 4.69) is 0 Å². The van der Waals surface area contributed by atoms with Crippen LogP contribution in [0.5, 0.6) is 0 Å². The molecule has 1 aromatic carbocycles. The number of hydrogen-bond donors (Lipinski definition) is 2. The topological polar surface area (TPSA) is 60.8 Å². The lowest BCUT2D eigenvalue weighted by atomic mass is 9.89. The van der Waals surface area contributed by atoms with Gasteiger partial charge in [0.1, 0.15) is 11.9 Å². The van der Waals surface area contributed by atoms with E-state index in [1.54, 1.807) is 6.07 Å². The summed E-state index contributed by atoms with van der Waals surface area (Å²) in [6.07, 6.45) is 2.92. The first-order chi connectivity index (χ1) is 10.6. The highest BCUT2D eigenvalue weighted by molar-refractivity contribution is 5.73. The molecule has 2 unspecified atom stereocenters. The van der Waals surface area contributed by atoms with Gasteiger partial charge in [-0.15, -0.1) is 0 Å². The van der Waals surface area contributed by atoms with Crippen LogP contribution in [-0.4, -0.2) is 46.8 Å². The number of likely N-dealkylation sites (tertiary alicyclic amines) is 1. The molecule has 0 amide bonds. The lowest BCUT2D eigenvalue weighted by Crippen LogP contribution is -2.40. The molecule has 2 N–H and O–H groups in total. The molecule has 1 aliphatic carbocycles. The summed E-state index contributed by atoms with van der Waals surface area (Å²) in [4.78, 5) is 13.5. The second-order valence-corrected chi connectivity index (χ2v) is 6.59. The van der Waals surface area contributed by atoms with Crippen LogP contribution in [0.2, 0.25) is 0 Å². The average Bonchev–Trinajstić information content (AvgIpc) is 3.21. The number of aliphatic hydroxyl groups is 1. The summed E-state index contributed by atoms with van der Waals surface area (Å²) in [5.41, 5.74) is 0.845. The van der Waals surface area contributed by atoms with Crippen LogP contribution in [0.15, 0.2) is 24.3 Å². The normalized spacial score (nSPS) is 27.0. The second-order valence-electron chi connectivity index (χ2n) is 6.59. The Bertz CT molecular complexity index is 546. The van der Waals surface area contributed by atoms with Crippen LogP contribution in [0.25, 0.3) is 0 Å². The molecular formula is C17H22FNO3. The molecule has 0 radical (unpaired) electrons. The number of benzene rings is 1. The van der Waals surface area contributed by atoms with Crippen molar-refractivity contribution in [2.45, 2.75) is 31.2 Å². The van der Waals surface area contributed by atoms with E-state index in [0.29, 0.717) is 25.4 Å². The molecule has 22 heavy (non-hydrogen) atoms. The van der Waals surface area contributed by atoms with Gasteiger partial charge in [0, 0.05) is 31.5 Å². The number of halogens is 1. The number of hydrogen-bond acceptors (Lipinski definition) is 3. The molecule has 5 heteroatoms. The molecule has 2 aliphatic rings. The van der Waals surface area contributed by atoms with Gasteiger partial charge in [0.15, 0.2) is 0 Å². The number of carboxylic acid groups (broad SMARTS) is 1. The molecule has 4 nitrogen and oxygen atoms in total. The van der Waals surface area contributed by atoms with Gasteiger partial charge in [-0.2, -0.15) is 0 Å². The summed E-state index contributed by atoms with van der Waals surface area (Å²) in [5, 5.41) is 19.1. The summed E-state index contributed by atoms with van der Waals surface area (Å²) in [7, 11) is 0. The van der Waals surface area contributed by atoms with E-state index in [1.165, 1.54) is 12.1 Å². The number of aliphatic hydroxyl groups excluding tert-OH is 1. The van der Waals surface area contributed by atoms with Crippen LogP contribution in [0, 0.1) is 17.7 Å². The molecule has 0 spiro atoms. The monoisotopic (exact) mass is 307 g/mol. The van der Waals surface area contributed by atoms with Gasteiger partial charge < -0.3 is 10.2 Å². The number of carbonyl (C=O) groups is 1. The highest BCUT2D eigenvalue weighted by Crippen LogP contribution is 2.38. The van der Waals surface area contributed by atoms with Crippen molar-refractivity contribution in [3.05, 3.63) is 35.6 Å². The third-order valence-electron chi connectivity index (χ3n) is 4.96. The van der Waals surface area contributed by atoms with Gasteiger partial charge in [0.25, 0.3) is 0 Å². The molecule has 0 bridgehead atoms. The van der Waals surface area contributed by atoms with E-state index >= 15 is 0 Å². The van der Waals surface area contributed by atoms with Crippen molar-refractivity contribution in [3.63, 3.8) is 0 Å². The molecule has 2 fully saturated rings. The predicted octanol–water partition coefficient (Wildman–Crippen LogP) is 2.09. The van der Waals surface area contributed by atoms with Crippen molar-refractivity contribution in [2.24, 2.45) is 11.8 Å². The van der Waals surface area contributed by atoms with Gasteiger partial charge in [0.05, 0.1) is 0 Å². The molecule has 1 aromatic rings. The lowest BCUT2D eigenvalue weighted by molar-refractivity contribution is -0.143. The van der Waals surface area contributed by atoms with Gasteiger partial charge in [-0.05, 0) is 30.0 Å². The Morgan fingerprint density at radius 2 is 2.14 bits per heavy atom. The molecular weight excluding hydrogens is 285 g/mol. The fraction of sp³-hybridized carbons (Fsp3) is 0.588. The third-order valence-corrected chi connectivity index (χ3v) is 4.96. The van der Waals surface area contributed by atoms with Crippen LogP contribution >= 0.6 is 0 Å². The van der Waals surface area contributed by atoms with Crippen molar-refractivity contribution < 1.29 is 19.4 Å². The van der Waals surface area contributed by atoms with Crippen LogP contribution in [0.3, 0.4) is 0 Å². The van der Waals surface area contributed by atoms with E-state index < -0.39 is 12.0 Å². The molecule has 1 saturated carbocycles. The number of nitrogens with zero attached hydrogens (tertiary/aromatic N) is 1. The van der Waals surface area contributed by atoms with Gasteiger partial charge in [-0.3, -0.25) is 9.69 Å². The average molecular weight is 307 g/mol. The smallest absolute Gasteiger partial charge is 0.320 e. The van der Waals surface area contributed by atoms with Crippen LogP contribution in [0.4, 0.5) is 4.39 Å². The van der Waals surface area contributed by atoms with E-state index in [-0.39, 0.29) is 24.3 Å². The van der Waals surface area contributed by atoms with Crippen LogP contribution in [-0.2, 0) is 4.79 Å². The maximum Gasteiger partial charge on any atom is 0.320 e. The first-order valence-electron chi connectivity index (χ1n) is 7.91. The SMILES string of the molecule is O=C(O)[C@@H](CC1CC1)N1CC(CO)C(c2cccc(F)c2)C1. The zero-order chi connectivity index (χ0) is 15.7. The highest BCUT2D eigenvalue weighted by Gasteiger charge is 2.41. The first kappa shape index (κ1) is 15.4. The third kappa shape index (κ3) is 3.31. The standard InChI is InChI=1S/C17H22FNO3/c18-14-3-1-2-12(7-14)15-9-19(8-13(15)10-20)16(17(21)22)6-11-4-5-11/h1-3,7,11,13,15-16,20H,4-6,8-10H2,(H,21,22)/t13?,15?,16-/m1/s1. The van der Waals surface area contributed by atoms with Crippen molar-refractivity contribution in [1.29, 1.82) is 0 Å². The van der Waals surface area contributed by atoms with Crippen LogP contribution in [0.1, 0.15) is 30.7 Å². The molecule has 3 atom stereocenters. The number of aliphatic carboxylic acids is 1. The molecule has 1 saturated heterocycles. The Labute approximate surface area is 129 Å². The Morgan fingerprint density at radius 3 is 2.73 bits per heavy atom. The van der Waals surface area contributed by atoms with E-state index in [0.717, 1.165) is 18.4 Å².